The highest BCUT2D eigenvalue weighted by atomic mass is 35.5. The van der Waals surface area contributed by atoms with Gasteiger partial charge < -0.3 is 5.32 Å². The van der Waals surface area contributed by atoms with Crippen LogP contribution < -0.4 is 5.32 Å². The number of sulfone groups is 1. The van der Waals surface area contributed by atoms with E-state index in [0.29, 0.717) is 9.34 Å². The largest absolute Gasteiger partial charge is 0.313 e. The van der Waals surface area contributed by atoms with Gasteiger partial charge in [-0.25, -0.2) is 13.4 Å². The molecule has 0 aromatic carbocycles. The van der Waals surface area contributed by atoms with Gasteiger partial charge in [-0.05, 0) is 19.4 Å². The molecule has 2 heterocycles. The maximum absolute atomic E-state index is 11.9. The second-order valence-electron chi connectivity index (χ2n) is 3.93. The van der Waals surface area contributed by atoms with Crippen molar-refractivity contribution in [2.24, 2.45) is 0 Å². The van der Waals surface area contributed by atoms with E-state index >= 15 is 0 Å². The molecule has 1 aromatic heterocycles. The molecular weight excluding hydrogens is 268 g/mol. The van der Waals surface area contributed by atoms with Gasteiger partial charge in [-0.2, -0.15) is 0 Å². The van der Waals surface area contributed by atoms with Crippen molar-refractivity contribution in [3.8, 4) is 0 Å². The summed E-state index contributed by atoms with van der Waals surface area (Å²) in [6, 6.07) is 0.119. The molecule has 4 nitrogen and oxygen atoms in total. The molecule has 1 saturated heterocycles. The molecule has 16 heavy (non-hydrogen) atoms. The van der Waals surface area contributed by atoms with E-state index in [1.54, 1.807) is 0 Å². The molecule has 1 atom stereocenters. The molecule has 90 valence electrons. The summed E-state index contributed by atoms with van der Waals surface area (Å²) in [5.74, 6) is 0.262. The third-order valence-corrected chi connectivity index (χ3v) is 5.46. The summed E-state index contributed by atoms with van der Waals surface area (Å²) in [7, 11) is -3.06. The Morgan fingerprint density at radius 1 is 1.62 bits per heavy atom. The van der Waals surface area contributed by atoms with Gasteiger partial charge in [-0.15, -0.1) is 11.3 Å². The van der Waals surface area contributed by atoms with Crippen LogP contribution in [0.2, 0.25) is 4.47 Å². The Balaban J connectivity index is 1.96. The first-order chi connectivity index (χ1) is 7.55. The van der Waals surface area contributed by atoms with Gasteiger partial charge in [0.2, 0.25) is 0 Å². The number of hydrogen-bond donors (Lipinski definition) is 1. The van der Waals surface area contributed by atoms with Crippen LogP contribution in [0.5, 0.6) is 0 Å². The fourth-order valence-corrected chi connectivity index (χ4v) is 4.90. The predicted octanol–water partition coefficient (Wildman–Crippen LogP) is 1.46. The number of nitrogens with one attached hydrogen (secondary N) is 1. The summed E-state index contributed by atoms with van der Waals surface area (Å²) in [6.07, 6.45) is 3.54. The lowest BCUT2D eigenvalue weighted by Crippen LogP contribution is -2.30. The van der Waals surface area contributed by atoms with Crippen molar-refractivity contribution in [3.05, 3.63) is 15.5 Å². The smallest absolute Gasteiger partial charge is 0.183 e. The Hall–Kier alpha value is -0.170. The molecule has 1 fully saturated rings. The average molecular weight is 281 g/mol. The lowest BCUT2D eigenvalue weighted by Gasteiger charge is -2.09. The highest BCUT2D eigenvalue weighted by Crippen LogP contribution is 2.21. The predicted molar refractivity (Wildman–Crippen MR) is 65.6 cm³/mol. The molecule has 0 saturated carbocycles. The Kier molecular flexibility index (Phi) is 3.84. The van der Waals surface area contributed by atoms with Crippen LogP contribution in [0.15, 0.2) is 6.20 Å². The van der Waals surface area contributed by atoms with Crippen LogP contribution in [0.1, 0.15) is 17.7 Å². The van der Waals surface area contributed by atoms with E-state index in [9.17, 15) is 8.42 Å². The van der Waals surface area contributed by atoms with E-state index in [0.717, 1.165) is 19.4 Å². The van der Waals surface area contributed by atoms with Crippen molar-refractivity contribution in [3.63, 3.8) is 0 Å². The molecule has 1 aliphatic heterocycles. The minimum absolute atomic E-state index is 0.0512. The highest BCUT2D eigenvalue weighted by molar-refractivity contribution is 7.90. The summed E-state index contributed by atoms with van der Waals surface area (Å²) in [5, 5.41) is 3.19. The normalized spacial score (nSPS) is 21.4. The molecule has 0 unspecified atom stereocenters. The summed E-state index contributed by atoms with van der Waals surface area (Å²) in [6.45, 7) is 0.923. The van der Waals surface area contributed by atoms with E-state index in [1.807, 2.05) is 0 Å². The van der Waals surface area contributed by atoms with Crippen LogP contribution >= 0.6 is 22.9 Å². The Labute approximate surface area is 104 Å². The Morgan fingerprint density at radius 3 is 3.00 bits per heavy atom. The average Bonchev–Trinajstić information content (AvgIpc) is 2.76. The van der Waals surface area contributed by atoms with Crippen molar-refractivity contribution >= 4 is 32.8 Å². The first kappa shape index (κ1) is 12.3. The fourth-order valence-electron chi connectivity index (χ4n) is 1.83. The Bertz CT molecular complexity index is 452. The van der Waals surface area contributed by atoms with Crippen molar-refractivity contribution in [2.75, 3.05) is 12.3 Å². The van der Waals surface area contributed by atoms with Crippen LogP contribution in [0.3, 0.4) is 0 Å². The molecule has 0 radical (unpaired) electrons. The molecule has 0 bridgehead atoms. The molecule has 0 amide bonds. The van der Waals surface area contributed by atoms with Crippen molar-refractivity contribution in [1.82, 2.24) is 10.3 Å². The van der Waals surface area contributed by atoms with Crippen LogP contribution in [0, 0.1) is 0 Å². The molecule has 0 aliphatic carbocycles. The number of halogens is 1. The van der Waals surface area contributed by atoms with E-state index < -0.39 is 9.84 Å². The molecule has 0 spiro atoms. The lowest BCUT2D eigenvalue weighted by atomic mass is 10.3. The van der Waals surface area contributed by atoms with E-state index in [-0.39, 0.29) is 17.5 Å². The maximum atomic E-state index is 11.9. The summed E-state index contributed by atoms with van der Waals surface area (Å²) >= 11 is 6.89. The topological polar surface area (TPSA) is 59.1 Å². The second kappa shape index (κ2) is 5.00. The summed E-state index contributed by atoms with van der Waals surface area (Å²) < 4.78 is 24.1. The maximum Gasteiger partial charge on any atom is 0.183 e. The zero-order valence-corrected chi connectivity index (χ0v) is 11.0. The van der Waals surface area contributed by atoms with Gasteiger partial charge in [0.25, 0.3) is 0 Å². The number of thiazole rings is 1. The van der Waals surface area contributed by atoms with Crippen LogP contribution in [-0.4, -0.2) is 31.7 Å². The SMILES string of the molecule is O=S(=O)(Cc1cnc(Cl)s1)C[C@@H]1CCCN1. The number of nitrogens with zero attached hydrogens (tertiary/aromatic N) is 1. The lowest BCUT2D eigenvalue weighted by molar-refractivity contribution is 0.576. The van der Waals surface area contributed by atoms with E-state index in [2.05, 4.69) is 10.3 Å². The summed E-state index contributed by atoms with van der Waals surface area (Å²) in [5.41, 5.74) is 0. The van der Waals surface area contributed by atoms with Crippen molar-refractivity contribution in [2.45, 2.75) is 24.6 Å². The minimum Gasteiger partial charge on any atom is -0.313 e. The van der Waals surface area contributed by atoms with Gasteiger partial charge in [-0.1, -0.05) is 11.6 Å². The second-order valence-corrected chi connectivity index (χ2v) is 7.73. The third kappa shape index (κ3) is 3.41. The van der Waals surface area contributed by atoms with Crippen molar-refractivity contribution < 1.29 is 8.42 Å². The van der Waals surface area contributed by atoms with Gasteiger partial charge in [0.05, 0.1) is 11.5 Å². The van der Waals surface area contributed by atoms with E-state index in [1.165, 1.54) is 17.5 Å². The molecule has 1 aliphatic rings. The first-order valence-corrected chi connectivity index (χ1v) is 8.11. The van der Waals surface area contributed by atoms with Crippen LogP contribution in [0.25, 0.3) is 0 Å². The number of aromatic nitrogens is 1. The fraction of sp³-hybridized carbons (Fsp3) is 0.667. The van der Waals surface area contributed by atoms with E-state index in [4.69, 9.17) is 11.6 Å². The molecular formula is C9H13ClN2O2S2. The molecule has 1 N–H and O–H groups in total. The van der Waals surface area contributed by atoms with Crippen LogP contribution in [0.4, 0.5) is 0 Å². The minimum atomic E-state index is -3.06. The van der Waals surface area contributed by atoms with Gasteiger partial charge in [0, 0.05) is 17.1 Å². The third-order valence-electron chi connectivity index (χ3n) is 2.51. The molecule has 2 rings (SSSR count). The van der Waals surface area contributed by atoms with Crippen molar-refractivity contribution in [1.29, 1.82) is 0 Å². The zero-order valence-electron chi connectivity index (χ0n) is 8.65. The monoisotopic (exact) mass is 280 g/mol. The number of hydrogen-bond acceptors (Lipinski definition) is 5. The van der Waals surface area contributed by atoms with Gasteiger partial charge in [-0.3, -0.25) is 0 Å². The highest BCUT2D eigenvalue weighted by Gasteiger charge is 2.22. The molecule has 7 heteroatoms. The zero-order chi connectivity index (χ0) is 11.6. The van der Waals surface area contributed by atoms with Gasteiger partial charge in [0.15, 0.2) is 14.3 Å². The van der Waals surface area contributed by atoms with Gasteiger partial charge in [0.1, 0.15) is 0 Å². The summed E-state index contributed by atoms with van der Waals surface area (Å²) in [4.78, 5) is 4.55. The van der Waals surface area contributed by atoms with Gasteiger partial charge >= 0.3 is 0 Å². The Morgan fingerprint density at radius 2 is 2.44 bits per heavy atom. The standard InChI is InChI=1S/C9H13ClN2O2S2/c10-9-12-4-8(15-9)6-16(13,14)5-7-2-1-3-11-7/h4,7,11H,1-3,5-6H2/t7-/m0/s1. The first-order valence-electron chi connectivity index (χ1n) is 5.09. The van der Waals surface area contributed by atoms with Crippen LogP contribution in [-0.2, 0) is 15.6 Å². The quantitative estimate of drug-likeness (QED) is 0.907. The number of rotatable bonds is 4. The molecule has 1 aromatic rings.